The van der Waals surface area contributed by atoms with Gasteiger partial charge in [0.1, 0.15) is 12.4 Å². The molecule has 0 spiro atoms. The third kappa shape index (κ3) is 3.63. The third-order valence-corrected chi connectivity index (χ3v) is 4.55. The van der Waals surface area contributed by atoms with Crippen molar-refractivity contribution in [2.75, 3.05) is 20.2 Å². The minimum absolute atomic E-state index is 0.0388. The van der Waals surface area contributed by atoms with E-state index < -0.39 is 0 Å². The maximum Gasteiger partial charge on any atom is 0.253 e. The molecule has 23 heavy (non-hydrogen) atoms. The highest BCUT2D eigenvalue weighted by atomic mass is 35.5. The van der Waals surface area contributed by atoms with Crippen LogP contribution in [0.4, 0.5) is 0 Å². The van der Waals surface area contributed by atoms with Crippen molar-refractivity contribution in [2.45, 2.75) is 0 Å². The summed E-state index contributed by atoms with van der Waals surface area (Å²) in [5.74, 6) is 0.587. The first-order chi connectivity index (χ1) is 11.1. The van der Waals surface area contributed by atoms with Crippen LogP contribution in [0.15, 0.2) is 48.0 Å². The Balaban J connectivity index is 1.60. The number of carbonyl (C=O) groups excluding carboxylic acids is 1. The fraction of sp³-hybridized carbons (Fsp3) is 0.176. The highest BCUT2D eigenvalue weighted by molar-refractivity contribution is 7.16. The fourth-order valence-corrected chi connectivity index (χ4v) is 3.07. The molecule has 118 valence electrons. The van der Waals surface area contributed by atoms with Crippen LogP contribution in [0.5, 0.6) is 5.75 Å². The maximum absolute atomic E-state index is 12.4. The molecule has 4 nitrogen and oxygen atoms in total. The normalized spacial score (nSPS) is 10.7. The lowest BCUT2D eigenvalue weighted by Crippen LogP contribution is -2.30. The van der Waals surface area contributed by atoms with Crippen LogP contribution >= 0.6 is 22.9 Å². The molecule has 1 amide bonds. The number of rotatable bonds is 5. The molecule has 0 saturated carbocycles. The second-order valence-electron chi connectivity index (χ2n) is 5.04. The number of hydrogen-bond donors (Lipinski definition) is 0. The van der Waals surface area contributed by atoms with E-state index in [-0.39, 0.29) is 5.91 Å². The van der Waals surface area contributed by atoms with E-state index in [2.05, 4.69) is 4.98 Å². The lowest BCUT2D eigenvalue weighted by Gasteiger charge is -2.18. The third-order valence-electron chi connectivity index (χ3n) is 3.45. The zero-order valence-electron chi connectivity index (χ0n) is 12.5. The number of amides is 1. The van der Waals surface area contributed by atoms with Gasteiger partial charge in [0, 0.05) is 12.6 Å². The molecule has 0 aliphatic rings. The Kier molecular flexibility index (Phi) is 4.79. The van der Waals surface area contributed by atoms with Crippen molar-refractivity contribution in [3.63, 3.8) is 0 Å². The molecule has 0 radical (unpaired) electrons. The summed E-state index contributed by atoms with van der Waals surface area (Å²) in [7, 11) is 1.76. The van der Waals surface area contributed by atoms with E-state index in [1.807, 2.05) is 30.3 Å². The average molecular weight is 347 g/mol. The number of ether oxygens (including phenoxy) is 1. The lowest BCUT2D eigenvalue weighted by molar-refractivity contribution is 0.0774. The summed E-state index contributed by atoms with van der Waals surface area (Å²) < 4.78 is 6.63. The quantitative estimate of drug-likeness (QED) is 0.698. The summed E-state index contributed by atoms with van der Waals surface area (Å²) >= 11 is 7.56. The van der Waals surface area contributed by atoms with Gasteiger partial charge in [-0.25, -0.2) is 4.98 Å². The number of carbonyl (C=O) groups is 1. The maximum atomic E-state index is 12.4. The van der Waals surface area contributed by atoms with Gasteiger partial charge in [-0.1, -0.05) is 23.7 Å². The van der Waals surface area contributed by atoms with Gasteiger partial charge in [0.25, 0.3) is 5.91 Å². The van der Waals surface area contributed by atoms with Crippen molar-refractivity contribution in [2.24, 2.45) is 0 Å². The number of halogens is 1. The standard InChI is InChI=1S/C17H15ClN2O2S/c1-20(8-9-22-15-5-3-2-4-13(15)18)17(21)12-6-7-14-16(10-12)23-11-19-14/h2-7,10-11H,8-9H2,1H3. The molecule has 0 atom stereocenters. The largest absolute Gasteiger partial charge is 0.490 e. The van der Waals surface area contributed by atoms with E-state index >= 15 is 0 Å². The Bertz CT molecular complexity index is 834. The molecule has 2 aromatic carbocycles. The Hall–Kier alpha value is -2.11. The molecular weight excluding hydrogens is 332 g/mol. The predicted molar refractivity (Wildman–Crippen MR) is 93.5 cm³/mol. The number of fused-ring (bicyclic) bond motifs is 1. The van der Waals surface area contributed by atoms with Gasteiger partial charge in [0.05, 0.1) is 27.3 Å². The van der Waals surface area contributed by atoms with Crippen LogP contribution in [-0.4, -0.2) is 36.0 Å². The number of thiazole rings is 1. The van der Waals surface area contributed by atoms with Crippen LogP contribution in [-0.2, 0) is 0 Å². The number of likely N-dealkylation sites (N-methyl/N-ethyl adjacent to an activating group) is 1. The van der Waals surface area contributed by atoms with E-state index in [9.17, 15) is 4.79 Å². The van der Waals surface area contributed by atoms with Crippen molar-refractivity contribution in [3.05, 3.63) is 58.6 Å². The van der Waals surface area contributed by atoms with Crippen LogP contribution in [0.1, 0.15) is 10.4 Å². The van der Waals surface area contributed by atoms with Crippen molar-refractivity contribution >= 4 is 39.1 Å². The summed E-state index contributed by atoms with van der Waals surface area (Å²) in [6.45, 7) is 0.861. The summed E-state index contributed by atoms with van der Waals surface area (Å²) in [4.78, 5) is 18.3. The Labute approximate surface area is 143 Å². The van der Waals surface area contributed by atoms with Crippen LogP contribution in [0.2, 0.25) is 5.02 Å². The first-order valence-electron chi connectivity index (χ1n) is 7.11. The van der Waals surface area contributed by atoms with Gasteiger partial charge in [-0.2, -0.15) is 0 Å². The molecule has 0 bridgehead atoms. The number of para-hydroxylation sites is 1. The van der Waals surface area contributed by atoms with E-state index in [0.717, 1.165) is 10.2 Å². The van der Waals surface area contributed by atoms with E-state index in [4.69, 9.17) is 16.3 Å². The summed E-state index contributed by atoms with van der Waals surface area (Å²) in [5.41, 5.74) is 3.35. The molecule has 6 heteroatoms. The van der Waals surface area contributed by atoms with Gasteiger partial charge in [-0.05, 0) is 30.3 Å². The van der Waals surface area contributed by atoms with Gasteiger partial charge in [-0.3, -0.25) is 4.79 Å². The van der Waals surface area contributed by atoms with Crippen molar-refractivity contribution in [1.82, 2.24) is 9.88 Å². The number of hydrogen-bond acceptors (Lipinski definition) is 4. The molecule has 0 aliphatic carbocycles. The van der Waals surface area contributed by atoms with Gasteiger partial charge >= 0.3 is 0 Å². The highest BCUT2D eigenvalue weighted by Crippen LogP contribution is 2.23. The van der Waals surface area contributed by atoms with Crippen LogP contribution in [0.25, 0.3) is 10.2 Å². The molecule has 0 saturated heterocycles. The summed E-state index contributed by atoms with van der Waals surface area (Å²) in [6, 6.07) is 12.8. The smallest absolute Gasteiger partial charge is 0.253 e. The fourth-order valence-electron chi connectivity index (χ4n) is 2.16. The van der Waals surface area contributed by atoms with Crippen LogP contribution < -0.4 is 4.74 Å². The van der Waals surface area contributed by atoms with Crippen LogP contribution in [0, 0.1) is 0 Å². The van der Waals surface area contributed by atoms with E-state index in [1.54, 1.807) is 29.6 Å². The van der Waals surface area contributed by atoms with Crippen molar-refractivity contribution in [3.8, 4) is 5.75 Å². The highest BCUT2D eigenvalue weighted by Gasteiger charge is 2.13. The number of aromatic nitrogens is 1. The molecule has 3 aromatic rings. The predicted octanol–water partition coefficient (Wildman–Crippen LogP) is 4.10. The minimum atomic E-state index is -0.0388. The van der Waals surface area contributed by atoms with Crippen molar-refractivity contribution < 1.29 is 9.53 Å². The summed E-state index contributed by atoms with van der Waals surface area (Å²) in [5, 5.41) is 0.567. The SMILES string of the molecule is CN(CCOc1ccccc1Cl)C(=O)c1ccc2ncsc2c1. The van der Waals surface area contributed by atoms with Gasteiger partial charge in [0.15, 0.2) is 0 Å². The average Bonchev–Trinajstić information content (AvgIpc) is 3.03. The zero-order valence-corrected chi connectivity index (χ0v) is 14.1. The monoisotopic (exact) mass is 346 g/mol. The first-order valence-corrected chi connectivity index (χ1v) is 8.37. The second kappa shape index (κ2) is 6.98. The van der Waals surface area contributed by atoms with Crippen LogP contribution in [0.3, 0.4) is 0 Å². The zero-order chi connectivity index (χ0) is 16.2. The molecule has 0 aliphatic heterocycles. The topological polar surface area (TPSA) is 42.4 Å². The van der Waals surface area contributed by atoms with Gasteiger partial charge < -0.3 is 9.64 Å². The van der Waals surface area contributed by atoms with Crippen molar-refractivity contribution in [1.29, 1.82) is 0 Å². The first kappa shape index (κ1) is 15.8. The molecule has 0 unspecified atom stereocenters. The Morgan fingerprint density at radius 3 is 2.96 bits per heavy atom. The molecule has 3 rings (SSSR count). The van der Waals surface area contributed by atoms with E-state index in [1.165, 1.54) is 11.3 Å². The van der Waals surface area contributed by atoms with E-state index in [0.29, 0.717) is 29.5 Å². The second-order valence-corrected chi connectivity index (χ2v) is 6.33. The minimum Gasteiger partial charge on any atom is -0.490 e. The molecule has 1 heterocycles. The molecule has 0 N–H and O–H groups in total. The Morgan fingerprint density at radius 2 is 2.13 bits per heavy atom. The van der Waals surface area contributed by atoms with Gasteiger partial charge in [-0.15, -0.1) is 11.3 Å². The molecular formula is C17H15ClN2O2S. The molecule has 0 fully saturated rings. The number of benzene rings is 2. The lowest BCUT2D eigenvalue weighted by atomic mass is 10.2. The Morgan fingerprint density at radius 1 is 1.30 bits per heavy atom. The van der Waals surface area contributed by atoms with Gasteiger partial charge in [0.2, 0.25) is 0 Å². The number of nitrogens with zero attached hydrogens (tertiary/aromatic N) is 2. The summed E-state index contributed by atoms with van der Waals surface area (Å²) in [6.07, 6.45) is 0. The molecule has 1 aromatic heterocycles.